The Morgan fingerprint density at radius 2 is 2.29 bits per heavy atom. The van der Waals surface area contributed by atoms with Gasteiger partial charge in [-0.25, -0.2) is 0 Å². The van der Waals surface area contributed by atoms with E-state index in [1.165, 1.54) is 6.92 Å². The number of ketones is 1. The van der Waals surface area contributed by atoms with Gasteiger partial charge in [-0.1, -0.05) is 0 Å². The number of aliphatic hydroxyl groups is 2. The first-order valence-corrected chi connectivity index (χ1v) is 7.02. The lowest BCUT2D eigenvalue weighted by atomic mass is 9.89. The molecule has 1 saturated heterocycles. The molecule has 0 aromatic heterocycles. The van der Waals surface area contributed by atoms with Crippen LogP contribution < -0.4 is 4.90 Å². The molecule has 1 aromatic rings. The second-order valence-electron chi connectivity index (χ2n) is 5.85. The molecule has 0 spiro atoms. The fourth-order valence-corrected chi connectivity index (χ4v) is 2.78. The molecule has 0 bridgehead atoms. The lowest BCUT2D eigenvalue weighted by molar-refractivity contribution is -0.0397. The Morgan fingerprint density at radius 1 is 1.57 bits per heavy atom. The number of nitriles is 1. The first-order valence-electron chi connectivity index (χ1n) is 7.02. The summed E-state index contributed by atoms with van der Waals surface area (Å²) < 4.78 is 0. The molecule has 5 heteroatoms. The van der Waals surface area contributed by atoms with Gasteiger partial charge in [0, 0.05) is 30.3 Å². The molecule has 2 atom stereocenters. The predicted octanol–water partition coefficient (Wildman–Crippen LogP) is 1.33. The number of carbonyl (C=O) groups is 1. The Morgan fingerprint density at radius 3 is 2.86 bits per heavy atom. The summed E-state index contributed by atoms with van der Waals surface area (Å²) in [5.74, 6) is -0.111. The number of rotatable bonds is 4. The SMILES string of the molecule is CC(=O)c1ccc(C#N)cc1N1CCC(C(C)(O)CO)C1. The molecular formula is C16H20N2O3. The van der Waals surface area contributed by atoms with Crippen molar-refractivity contribution >= 4 is 11.5 Å². The minimum atomic E-state index is -1.13. The highest BCUT2D eigenvalue weighted by atomic mass is 16.3. The average Bonchev–Trinajstić information content (AvgIpc) is 2.97. The largest absolute Gasteiger partial charge is 0.393 e. The molecule has 0 aliphatic carbocycles. The highest BCUT2D eigenvalue weighted by Gasteiger charge is 2.37. The molecule has 0 radical (unpaired) electrons. The van der Waals surface area contributed by atoms with E-state index in [1.807, 2.05) is 4.90 Å². The normalized spacial score (nSPS) is 20.9. The van der Waals surface area contributed by atoms with Gasteiger partial charge < -0.3 is 15.1 Å². The van der Waals surface area contributed by atoms with Crippen molar-refractivity contribution in [2.24, 2.45) is 5.92 Å². The van der Waals surface area contributed by atoms with E-state index < -0.39 is 5.60 Å². The predicted molar refractivity (Wildman–Crippen MR) is 79.2 cm³/mol. The zero-order chi connectivity index (χ0) is 15.6. The Labute approximate surface area is 124 Å². The van der Waals surface area contributed by atoms with Gasteiger partial charge in [0.15, 0.2) is 5.78 Å². The molecule has 1 aromatic carbocycles. The third-order valence-electron chi connectivity index (χ3n) is 4.23. The van der Waals surface area contributed by atoms with Crippen LogP contribution >= 0.6 is 0 Å². The zero-order valence-electron chi connectivity index (χ0n) is 12.3. The van der Waals surface area contributed by atoms with E-state index in [9.17, 15) is 15.0 Å². The lowest BCUT2D eigenvalue weighted by Gasteiger charge is -2.28. The van der Waals surface area contributed by atoms with Crippen LogP contribution in [0.4, 0.5) is 5.69 Å². The van der Waals surface area contributed by atoms with Crippen molar-refractivity contribution in [2.45, 2.75) is 25.9 Å². The molecule has 2 N–H and O–H groups in total. The van der Waals surface area contributed by atoms with E-state index in [0.717, 1.165) is 12.1 Å². The van der Waals surface area contributed by atoms with E-state index in [2.05, 4.69) is 6.07 Å². The van der Waals surface area contributed by atoms with Gasteiger partial charge in [-0.2, -0.15) is 5.26 Å². The number of hydrogen-bond donors (Lipinski definition) is 2. The third-order valence-corrected chi connectivity index (χ3v) is 4.23. The maximum absolute atomic E-state index is 11.8. The van der Waals surface area contributed by atoms with E-state index in [-0.39, 0.29) is 18.3 Å². The Balaban J connectivity index is 2.31. The highest BCUT2D eigenvalue weighted by Crippen LogP contribution is 2.33. The van der Waals surface area contributed by atoms with Crippen molar-refractivity contribution in [1.82, 2.24) is 0 Å². The maximum atomic E-state index is 11.8. The number of hydrogen-bond acceptors (Lipinski definition) is 5. The van der Waals surface area contributed by atoms with Gasteiger partial charge in [-0.05, 0) is 38.5 Å². The number of Topliss-reactive ketones (excluding diaryl/α,β-unsaturated/α-hetero) is 1. The highest BCUT2D eigenvalue weighted by molar-refractivity contribution is 6.00. The molecule has 0 saturated carbocycles. The molecule has 1 heterocycles. The second-order valence-corrected chi connectivity index (χ2v) is 5.85. The summed E-state index contributed by atoms with van der Waals surface area (Å²) in [6.07, 6.45) is 0.738. The van der Waals surface area contributed by atoms with E-state index in [0.29, 0.717) is 24.2 Å². The van der Waals surface area contributed by atoms with Gasteiger partial charge in [0.2, 0.25) is 0 Å². The quantitative estimate of drug-likeness (QED) is 0.817. The first-order chi connectivity index (χ1) is 9.89. The van der Waals surface area contributed by atoms with E-state index in [4.69, 9.17) is 5.26 Å². The van der Waals surface area contributed by atoms with Crippen LogP contribution in [0, 0.1) is 17.2 Å². The van der Waals surface area contributed by atoms with Crippen LogP contribution in [-0.4, -0.2) is 41.3 Å². The summed E-state index contributed by atoms with van der Waals surface area (Å²) in [6.45, 7) is 4.09. The second kappa shape index (κ2) is 5.84. The van der Waals surface area contributed by atoms with Gasteiger partial charge in [0.25, 0.3) is 0 Å². The molecule has 1 fully saturated rings. The monoisotopic (exact) mass is 288 g/mol. The van der Waals surface area contributed by atoms with Crippen LogP contribution in [0.1, 0.15) is 36.2 Å². The third kappa shape index (κ3) is 3.07. The molecule has 112 valence electrons. The van der Waals surface area contributed by atoms with Crippen molar-refractivity contribution < 1.29 is 15.0 Å². The molecule has 5 nitrogen and oxygen atoms in total. The van der Waals surface area contributed by atoms with Crippen LogP contribution in [0.25, 0.3) is 0 Å². The fourth-order valence-electron chi connectivity index (χ4n) is 2.78. The van der Waals surface area contributed by atoms with Crippen molar-refractivity contribution in [3.8, 4) is 6.07 Å². The van der Waals surface area contributed by atoms with Gasteiger partial charge in [-0.3, -0.25) is 4.79 Å². The van der Waals surface area contributed by atoms with Gasteiger partial charge in [0.1, 0.15) is 0 Å². The van der Waals surface area contributed by atoms with Crippen molar-refractivity contribution in [2.75, 3.05) is 24.6 Å². The van der Waals surface area contributed by atoms with Crippen molar-refractivity contribution in [3.05, 3.63) is 29.3 Å². The first kappa shape index (κ1) is 15.5. The summed E-state index contributed by atoms with van der Waals surface area (Å²) in [4.78, 5) is 13.8. The Hall–Kier alpha value is -1.90. The van der Waals surface area contributed by atoms with E-state index >= 15 is 0 Å². The fraction of sp³-hybridized carbons (Fsp3) is 0.500. The molecule has 21 heavy (non-hydrogen) atoms. The van der Waals surface area contributed by atoms with Crippen LogP contribution in [0.2, 0.25) is 0 Å². The smallest absolute Gasteiger partial charge is 0.161 e. The van der Waals surface area contributed by atoms with Crippen LogP contribution in [0.3, 0.4) is 0 Å². The number of anilines is 1. The van der Waals surface area contributed by atoms with E-state index in [1.54, 1.807) is 25.1 Å². The average molecular weight is 288 g/mol. The van der Waals surface area contributed by atoms with Gasteiger partial charge >= 0.3 is 0 Å². The molecule has 1 aliphatic heterocycles. The van der Waals surface area contributed by atoms with Crippen molar-refractivity contribution in [1.29, 1.82) is 5.26 Å². The molecule has 1 aliphatic rings. The summed E-state index contributed by atoms with van der Waals surface area (Å²) in [5, 5.41) is 28.5. The van der Waals surface area contributed by atoms with Crippen molar-refractivity contribution in [3.63, 3.8) is 0 Å². The lowest BCUT2D eigenvalue weighted by Crippen LogP contribution is -2.40. The van der Waals surface area contributed by atoms with Crippen LogP contribution in [0.5, 0.6) is 0 Å². The number of aliphatic hydroxyl groups excluding tert-OH is 1. The van der Waals surface area contributed by atoms with Gasteiger partial charge in [0.05, 0.1) is 23.8 Å². The molecule has 2 unspecified atom stereocenters. The Bertz CT molecular complexity index is 590. The summed E-state index contributed by atoms with van der Waals surface area (Å²) in [7, 11) is 0. The number of benzene rings is 1. The summed E-state index contributed by atoms with van der Waals surface area (Å²) in [6, 6.07) is 7.11. The van der Waals surface area contributed by atoms with Gasteiger partial charge in [-0.15, -0.1) is 0 Å². The molecule has 2 rings (SSSR count). The van der Waals surface area contributed by atoms with Crippen LogP contribution in [-0.2, 0) is 0 Å². The molecule has 0 amide bonds. The van der Waals surface area contributed by atoms with Crippen LogP contribution in [0.15, 0.2) is 18.2 Å². The topological polar surface area (TPSA) is 84.6 Å². The maximum Gasteiger partial charge on any atom is 0.161 e. The Kier molecular flexibility index (Phi) is 4.31. The number of carbonyl (C=O) groups excluding carboxylic acids is 1. The minimum absolute atomic E-state index is 0.0492. The molecular weight excluding hydrogens is 268 g/mol. The summed E-state index contributed by atoms with van der Waals surface area (Å²) >= 11 is 0. The minimum Gasteiger partial charge on any atom is -0.393 e. The summed E-state index contributed by atoms with van der Waals surface area (Å²) in [5.41, 5.74) is 0.696. The standard InChI is InChI=1S/C16H20N2O3/c1-11(20)14-4-3-12(8-17)7-15(14)18-6-5-13(9-18)16(2,21)10-19/h3-4,7,13,19,21H,5-6,9-10H2,1-2H3. The number of nitrogens with zero attached hydrogens (tertiary/aromatic N) is 2. The zero-order valence-corrected chi connectivity index (χ0v) is 12.3.